The second-order valence-electron chi connectivity index (χ2n) is 4.66. The van der Waals surface area contributed by atoms with Gasteiger partial charge in [-0.05, 0) is 29.7 Å². The molecule has 5 nitrogen and oxygen atoms in total. The lowest BCUT2D eigenvalue weighted by Gasteiger charge is -2.28. The number of amides is 1. The lowest BCUT2D eigenvalue weighted by Crippen LogP contribution is -2.36. The van der Waals surface area contributed by atoms with Gasteiger partial charge < -0.3 is 10.0 Å². The van der Waals surface area contributed by atoms with Crippen LogP contribution in [0.2, 0.25) is 5.15 Å². The van der Waals surface area contributed by atoms with Gasteiger partial charge in [-0.25, -0.2) is 4.98 Å². The zero-order valence-corrected chi connectivity index (χ0v) is 11.3. The first-order chi connectivity index (χ1) is 9.63. The Labute approximate surface area is 120 Å². The number of phenolic OH excluding ortho intramolecular Hbond substituents is 1. The van der Waals surface area contributed by atoms with Crippen molar-refractivity contribution >= 4 is 17.5 Å². The molecule has 0 fully saturated rings. The highest BCUT2D eigenvalue weighted by Crippen LogP contribution is 2.24. The minimum Gasteiger partial charge on any atom is -0.508 e. The first kappa shape index (κ1) is 12.9. The number of aromatic hydroxyl groups is 1. The molecule has 3 rings (SSSR count). The molecule has 0 radical (unpaired) electrons. The van der Waals surface area contributed by atoms with E-state index in [1.54, 1.807) is 17.0 Å². The second-order valence-corrected chi connectivity index (χ2v) is 5.04. The number of fused-ring (bicyclic) bond motifs is 1. The number of phenols is 1. The molecule has 0 saturated carbocycles. The maximum atomic E-state index is 12.3. The van der Waals surface area contributed by atoms with Crippen molar-refractivity contribution in [2.45, 2.75) is 13.0 Å². The summed E-state index contributed by atoms with van der Waals surface area (Å²) in [6, 6.07) is 5.25. The zero-order valence-electron chi connectivity index (χ0n) is 10.6. The topological polar surface area (TPSA) is 66.3 Å². The van der Waals surface area contributed by atoms with E-state index in [2.05, 4.69) is 9.97 Å². The van der Waals surface area contributed by atoms with Gasteiger partial charge in [-0.1, -0.05) is 17.7 Å². The predicted molar refractivity (Wildman–Crippen MR) is 73.6 cm³/mol. The van der Waals surface area contributed by atoms with Gasteiger partial charge in [0.1, 0.15) is 16.6 Å². The van der Waals surface area contributed by atoms with E-state index < -0.39 is 0 Å². The molecule has 0 atom stereocenters. The monoisotopic (exact) mass is 289 g/mol. The summed E-state index contributed by atoms with van der Waals surface area (Å²) in [6.45, 7) is 1.07. The molecule has 6 heteroatoms. The maximum Gasteiger partial charge on any atom is 0.274 e. The lowest BCUT2D eigenvalue weighted by molar-refractivity contribution is 0.0728. The van der Waals surface area contributed by atoms with Crippen molar-refractivity contribution in [2.24, 2.45) is 0 Å². The minimum absolute atomic E-state index is 0.200. The molecule has 1 aliphatic heterocycles. The quantitative estimate of drug-likeness (QED) is 0.872. The molecule has 0 bridgehead atoms. The van der Waals surface area contributed by atoms with Crippen LogP contribution in [-0.4, -0.2) is 32.4 Å². The number of hydrogen-bond acceptors (Lipinski definition) is 4. The van der Waals surface area contributed by atoms with Crippen molar-refractivity contribution < 1.29 is 9.90 Å². The van der Waals surface area contributed by atoms with Gasteiger partial charge in [-0.2, -0.15) is 0 Å². The molecule has 2 aromatic rings. The maximum absolute atomic E-state index is 12.3. The largest absolute Gasteiger partial charge is 0.508 e. The minimum atomic E-state index is -0.200. The summed E-state index contributed by atoms with van der Waals surface area (Å²) in [4.78, 5) is 21.9. The Hall–Kier alpha value is -2.14. The average molecular weight is 290 g/mol. The third-order valence-corrected chi connectivity index (χ3v) is 3.50. The van der Waals surface area contributed by atoms with Gasteiger partial charge in [0.05, 0.1) is 12.4 Å². The van der Waals surface area contributed by atoms with Gasteiger partial charge in [-0.3, -0.25) is 9.78 Å². The molecule has 0 unspecified atom stereocenters. The average Bonchev–Trinajstić information content (AvgIpc) is 2.45. The number of benzene rings is 1. The zero-order chi connectivity index (χ0) is 14.1. The molecular weight excluding hydrogens is 278 g/mol. The number of carbonyl (C=O) groups excluding carboxylic acids is 1. The Morgan fingerprint density at radius 1 is 1.30 bits per heavy atom. The Bertz CT molecular complexity index is 675. The summed E-state index contributed by atoms with van der Waals surface area (Å²) >= 11 is 5.75. The van der Waals surface area contributed by atoms with Crippen molar-refractivity contribution in [1.29, 1.82) is 0 Å². The first-order valence-electron chi connectivity index (χ1n) is 6.21. The highest BCUT2D eigenvalue weighted by molar-refractivity contribution is 6.29. The van der Waals surface area contributed by atoms with E-state index in [1.807, 2.05) is 6.07 Å². The van der Waals surface area contributed by atoms with Gasteiger partial charge in [0.2, 0.25) is 0 Å². The molecule has 1 amide bonds. The Kier molecular flexibility index (Phi) is 3.28. The number of hydrogen-bond donors (Lipinski definition) is 1. The van der Waals surface area contributed by atoms with Crippen LogP contribution in [0.25, 0.3) is 0 Å². The molecule has 0 saturated heterocycles. The normalized spacial score (nSPS) is 13.9. The van der Waals surface area contributed by atoms with Crippen molar-refractivity contribution in [3.05, 3.63) is 52.6 Å². The third-order valence-electron chi connectivity index (χ3n) is 3.31. The molecule has 20 heavy (non-hydrogen) atoms. The van der Waals surface area contributed by atoms with E-state index in [9.17, 15) is 9.90 Å². The van der Waals surface area contributed by atoms with Crippen LogP contribution < -0.4 is 0 Å². The van der Waals surface area contributed by atoms with Gasteiger partial charge in [0.25, 0.3) is 5.91 Å². The highest BCUT2D eigenvalue weighted by atomic mass is 35.5. The fourth-order valence-corrected chi connectivity index (χ4v) is 2.47. The van der Waals surface area contributed by atoms with Crippen LogP contribution in [0.5, 0.6) is 5.75 Å². The standard InChI is InChI=1S/C14H12ClN3O2/c15-13-7-16-6-12(17-13)14(20)18-4-3-9-1-2-11(19)5-10(9)8-18/h1-2,5-7,19H,3-4,8H2. The number of aromatic nitrogens is 2. The van der Waals surface area contributed by atoms with Crippen molar-refractivity contribution in [1.82, 2.24) is 14.9 Å². The second kappa shape index (κ2) is 5.09. The third kappa shape index (κ3) is 2.44. The van der Waals surface area contributed by atoms with E-state index >= 15 is 0 Å². The highest BCUT2D eigenvalue weighted by Gasteiger charge is 2.23. The summed E-state index contributed by atoms with van der Waals surface area (Å²) < 4.78 is 0. The SMILES string of the molecule is O=C(c1cncc(Cl)n1)N1CCc2ccc(O)cc2C1. The predicted octanol–water partition coefficient (Wildman–Crippen LogP) is 2.03. The van der Waals surface area contributed by atoms with Crippen molar-refractivity contribution in [3.63, 3.8) is 0 Å². The van der Waals surface area contributed by atoms with Crippen LogP contribution in [-0.2, 0) is 13.0 Å². The van der Waals surface area contributed by atoms with E-state index in [-0.39, 0.29) is 22.5 Å². The van der Waals surface area contributed by atoms with Crippen LogP contribution in [0.4, 0.5) is 0 Å². The summed E-state index contributed by atoms with van der Waals surface area (Å²) in [5.74, 6) is 0.00888. The van der Waals surface area contributed by atoms with E-state index in [4.69, 9.17) is 11.6 Å². The van der Waals surface area contributed by atoms with E-state index in [0.717, 1.165) is 17.5 Å². The van der Waals surface area contributed by atoms with Crippen LogP contribution in [0.1, 0.15) is 21.6 Å². The van der Waals surface area contributed by atoms with Gasteiger partial charge in [0, 0.05) is 13.1 Å². The molecule has 102 valence electrons. The van der Waals surface area contributed by atoms with Crippen LogP contribution in [0, 0.1) is 0 Å². The van der Waals surface area contributed by atoms with E-state index in [1.165, 1.54) is 12.4 Å². The number of nitrogens with zero attached hydrogens (tertiary/aromatic N) is 3. The number of halogens is 1. The molecule has 1 aliphatic rings. The fraction of sp³-hybridized carbons (Fsp3) is 0.214. The molecule has 0 spiro atoms. The number of carbonyl (C=O) groups is 1. The van der Waals surface area contributed by atoms with Crippen molar-refractivity contribution in [3.8, 4) is 5.75 Å². The van der Waals surface area contributed by atoms with Crippen LogP contribution in [0.15, 0.2) is 30.6 Å². The molecule has 2 heterocycles. The van der Waals surface area contributed by atoms with Gasteiger partial charge in [0.15, 0.2) is 0 Å². The smallest absolute Gasteiger partial charge is 0.274 e. The van der Waals surface area contributed by atoms with Crippen LogP contribution >= 0.6 is 11.6 Å². The summed E-state index contributed by atoms with van der Waals surface area (Å²) in [5.41, 5.74) is 2.35. The molecule has 0 aliphatic carbocycles. The fourth-order valence-electron chi connectivity index (χ4n) is 2.32. The molecule has 1 aromatic heterocycles. The number of rotatable bonds is 1. The Morgan fingerprint density at radius 2 is 2.15 bits per heavy atom. The molecule has 1 N–H and O–H groups in total. The van der Waals surface area contributed by atoms with E-state index in [0.29, 0.717) is 13.1 Å². The Balaban J connectivity index is 1.84. The summed E-state index contributed by atoms with van der Waals surface area (Å²) in [5, 5.41) is 9.72. The Morgan fingerprint density at radius 3 is 2.95 bits per heavy atom. The first-order valence-corrected chi connectivity index (χ1v) is 6.59. The van der Waals surface area contributed by atoms with Crippen molar-refractivity contribution in [2.75, 3.05) is 6.54 Å². The van der Waals surface area contributed by atoms with Gasteiger partial charge >= 0.3 is 0 Å². The lowest BCUT2D eigenvalue weighted by atomic mass is 9.99. The van der Waals surface area contributed by atoms with Crippen LogP contribution in [0.3, 0.4) is 0 Å². The summed E-state index contributed by atoms with van der Waals surface area (Å²) in [6.07, 6.45) is 3.56. The van der Waals surface area contributed by atoms with Gasteiger partial charge in [-0.15, -0.1) is 0 Å². The summed E-state index contributed by atoms with van der Waals surface area (Å²) in [7, 11) is 0. The molecular formula is C14H12ClN3O2. The molecule has 1 aromatic carbocycles.